The summed E-state index contributed by atoms with van der Waals surface area (Å²) in [5, 5.41) is 71.5. The van der Waals surface area contributed by atoms with Crippen LogP contribution in [0.2, 0.25) is 0 Å². The van der Waals surface area contributed by atoms with E-state index < -0.39 is 107 Å². The number of sulfonamides is 2. The number of nitrogens with zero attached hydrogens (tertiary/aromatic N) is 4. The van der Waals surface area contributed by atoms with E-state index in [2.05, 4.69) is 105 Å². The number of aryl methyl sites for hydroxylation is 2. The maximum Gasteiger partial charge on any atom is 3.00 e. The SMILES string of the molecule is CN(C)C=O.CN(C)C=O.CN(C)C=O.CN(C)C=O.Cc1ccc(S(=O)(=O)NC(COc2ccc(Br)cc2C(=O)[O-])(COc2ccc(Br)cc2C(=O)[O-])COc2ccc(Br)cc2C(=O)[O-])cc1.Cc1ccc(S(=O)(=O)NC(COc2ccc(Br)cc2C(=O)[O-])(COc2ccc(Br)cc2C(=O)[O-])COc2ccc(Br)cc2C(=O)[O-])cc1.[Eu+3].[Eu+3]. The summed E-state index contributed by atoms with van der Waals surface area (Å²) in [5.74, 6) is -10.8. The maximum absolute atomic E-state index is 13.8. The Morgan fingerprint density at radius 1 is 0.314 bits per heavy atom. The number of halogens is 6. The minimum atomic E-state index is -4.45. The van der Waals surface area contributed by atoms with Gasteiger partial charge in [-0.25, -0.2) is 16.8 Å². The smallest absolute Gasteiger partial charge is 0.545 e. The number of benzene rings is 8. The summed E-state index contributed by atoms with van der Waals surface area (Å²) in [7, 11) is 4.61. The van der Waals surface area contributed by atoms with E-state index in [9.17, 15) is 95.4 Å². The number of rotatable bonds is 34. The third-order valence-corrected chi connectivity index (χ3v) is 20.3. The van der Waals surface area contributed by atoms with Gasteiger partial charge in [-0.2, -0.15) is 9.44 Å². The molecule has 8 rings (SSSR count). The second-order valence-electron chi connectivity index (χ2n) is 25.0. The second-order valence-corrected chi connectivity index (χ2v) is 33.8. The van der Waals surface area contributed by atoms with Gasteiger partial charge in [0.25, 0.3) is 0 Å². The topological polar surface area (TPSA) is 470 Å². The number of hydrogen-bond donors (Lipinski definition) is 2. The van der Waals surface area contributed by atoms with Crippen LogP contribution in [0, 0.1) is 113 Å². The molecule has 0 spiro atoms. The molecule has 0 saturated carbocycles. The van der Waals surface area contributed by atoms with E-state index in [0.717, 1.165) is 36.8 Å². The van der Waals surface area contributed by atoms with Crippen molar-refractivity contribution >= 4 is 177 Å². The van der Waals surface area contributed by atoms with Crippen LogP contribution in [0.3, 0.4) is 0 Å². The monoisotopic (exact) mass is 2330 g/mol. The van der Waals surface area contributed by atoms with Gasteiger partial charge in [0, 0.05) is 117 Å². The fourth-order valence-corrected chi connectivity index (χ4v) is 13.5. The van der Waals surface area contributed by atoms with Crippen LogP contribution in [0.15, 0.2) is 194 Å². The van der Waals surface area contributed by atoms with Crippen molar-refractivity contribution in [2.45, 2.75) is 34.7 Å². The average molecular weight is 2330 g/mol. The molecule has 0 fully saturated rings. The van der Waals surface area contributed by atoms with Crippen molar-refractivity contribution in [2.75, 3.05) is 96.0 Å². The molecule has 8 aromatic carbocycles. The van der Waals surface area contributed by atoms with Crippen molar-refractivity contribution in [3.63, 3.8) is 0 Å². The molecule has 8 aromatic rings. The zero-order chi connectivity index (χ0) is 87.6. The molecule has 2 N–H and O–H groups in total. The largest absolute Gasteiger partial charge is 3.00 e. The summed E-state index contributed by atoms with van der Waals surface area (Å²) >= 11 is 19.1. The minimum absolute atomic E-state index is 0. The number of carboxylic acid groups (broad SMARTS) is 6. The van der Waals surface area contributed by atoms with Crippen molar-refractivity contribution in [2.24, 2.45) is 0 Å². The Morgan fingerprint density at radius 3 is 0.585 bits per heavy atom. The van der Waals surface area contributed by atoms with E-state index in [0.29, 0.717) is 26.8 Å². The first-order valence-electron chi connectivity index (χ1n) is 32.8. The van der Waals surface area contributed by atoms with Crippen molar-refractivity contribution in [3.8, 4) is 34.5 Å². The van der Waals surface area contributed by atoms with Crippen LogP contribution in [0.4, 0.5) is 0 Å². The first-order chi connectivity index (χ1) is 54.3. The van der Waals surface area contributed by atoms with Crippen molar-refractivity contribution in [1.82, 2.24) is 29.0 Å². The summed E-state index contributed by atoms with van der Waals surface area (Å²) in [4.78, 5) is 115. The molecule has 0 heterocycles. The van der Waals surface area contributed by atoms with E-state index in [-0.39, 0.29) is 176 Å². The second kappa shape index (κ2) is 53.1. The number of hydrogen-bond acceptors (Lipinski definition) is 26. The number of aromatic carboxylic acids is 6. The van der Waals surface area contributed by atoms with Crippen molar-refractivity contribution < 1.29 is 223 Å². The summed E-state index contributed by atoms with van der Waals surface area (Å²) in [6.45, 7) is -0.595. The Hall–Kier alpha value is -6.87. The molecule has 42 heteroatoms. The van der Waals surface area contributed by atoms with Crippen LogP contribution >= 0.6 is 95.6 Å². The summed E-state index contributed by atoms with van der Waals surface area (Å²) in [6, 6.07) is 35.7. The predicted molar refractivity (Wildman–Crippen MR) is 431 cm³/mol. The van der Waals surface area contributed by atoms with Gasteiger partial charge in [-0.3, -0.25) is 19.2 Å². The van der Waals surface area contributed by atoms with E-state index in [4.69, 9.17) is 28.4 Å². The number of carbonyl (C=O) groups is 10. The molecule has 0 aliphatic heterocycles. The Balaban J connectivity index is 0.000000943. The van der Waals surface area contributed by atoms with Gasteiger partial charge in [-0.05, 0) is 147 Å². The molecule has 632 valence electrons. The molecule has 0 atom stereocenters. The predicted octanol–water partition coefficient (Wildman–Crippen LogP) is 4.07. The van der Waals surface area contributed by atoms with Crippen LogP contribution in [0.5, 0.6) is 34.5 Å². The third kappa shape index (κ3) is 38.0. The van der Waals surface area contributed by atoms with E-state index in [1.165, 1.54) is 153 Å². The summed E-state index contributed by atoms with van der Waals surface area (Å²) in [5.41, 5.74) is -4.71. The van der Waals surface area contributed by atoms with Gasteiger partial charge in [0.1, 0.15) is 85.2 Å². The number of carboxylic acids is 6. The van der Waals surface area contributed by atoms with Crippen LogP contribution < -0.4 is 68.5 Å². The molecular formula is C76H74Br6Eu2N6O26S2. The number of nitrogens with one attached hydrogen (secondary N) is 2. The molecule has 0 unspecified atom stereocenters. The number of amides is 4. The zero-order valence-corrected chi connectivity index (χ0v) is 79.8. The molecule has 0 bridgehead atoms. The van der Waals surface area contributed by atoms with Gasteiger partial charge in [-0.15, -0.1) is 0 Å². The van der Waals surface area contributed by atoms with Gasteiger partial charge in [-0.1, -0.05) is 131 Å². The Bertz CT molecular complexity index is 4340. The standard InChI is InChI=1S/2C32H26Br3NO11S.4C3H7NO.2Eu/c2*1-18-2-7-22(8-3-18)48(43,44)36-32(15-45-26-9-4-19(33)12-23(26)29(37)38,16-46-27-10-5-20(34)13-24(27)30(39)40)17-47-28-11-6-21(35)14-25(28)31(41)42;4*1-4(2)3-5;;/h2*2-14,36H,15-17H2,1H3,(H,37,38)(H,39,40)(H,41,42);4*3H,1-2H3;;/q;;;;;;2*+3/p-6. The molecule has 4 amide bonds. The minimum Gasteiger partial charge on any atom is -0.545 e. The molecule has 0 aromatic heterocycles. The van der Waals surface area contributed by atoms with Gasteiger partial charge >= 0.3 is 98.8 Å². The van der Waals surface area contributed by atoms with Crippen LogP contribution in [-0.4, -0.2) is 205 Å². The van der Waals surface area contributed by atoms with E-state index in [1.807, 2.05) is 0 Å². The molecule has 32 nitrogen and oxygen atoms in total. The number of carbonyl (C=O) groups excluding carboxylic acids is 10. The molecule has 0 saturated heterocycles. The molecule has 0 aliphatic carbocycles. The van der Waals surface area contributed by atoms with Crippen LogP contribution in [0.25, 0.3) is 0 Å². The van der Waals surface area contributed by atoms with Gasteiger partial charge in [0.05, 0.1) is 45.6 Å². The van der Waals surface area contributed by atoms with Crippen molar-refractivity contribution in [1.29, 1.82) is 0 Å². The Kier molecular flexibility index (Phi) is 49.1. The van der Waals surface area contributed by atoms with Gasteiger partial charge in [0.2, 0.25) is 45.7 Å². The number of ether oxygens (including phenoxy) is 6. The fourth-order valence-electron chi connectivity index (χ4n) is 8.57. The first-order valence-corrected chi connectivity index (χ1v) is 40.5. The normalized spacial score (nSPS) is 10.5. The summed E-state index contributed by atoms with van der Waals surface area (Å²) in [6.07, 6.45) is 3.00. The zero-order valence-electron chi connectivity index (χ0n) is 63.8. The maximum atomic E-state index is 13.8. The molecule has 0 radical (unpaired) electrons. The van der Waals surface area contributed by atoms with E-state index >= 15 is 0 Å². The molecule has 118 heavy (non-hydrogen) atoms. The van der Waals surface area contributed by atoms with Crippen LogP contribution in [0.1, 0.15) is 73.3 Å². The molecule has 0 aliphatic rings. The molecular weight excluding hydrogens is 2260 g/mol. The average Bonchev–Trinajstić information content (AvgIpc) is 0.791. The summed E-state index contributed by atoms with van der Waals surface area (Å²) < 4.78 is 98.1. The third-order valence-electron chi connectivity index (χ3n) is 14.2. The van der Waals surface area contributed by atoms with E-state index in [1.54, 1.807) is 94.5 Å². The quantitative estimate of drug-likeness (QED) is 0.0537. The Morgan fingerprint density at radius 2 is 0.458 bits per heavy atom. The fraction of sp³-hybridized carbons (Fsp3) is 0.237. The van der Waals surface area contributed by atoms with Gasteiger partial charge in [0.15, 0.2) is 0 Å². The Labute approximate surface area is 812 Å². The first kappa shape index (κ1) is 109. The van der Waals surface area contributed by atoms with Crippen LogP contribution in [-0.2, 0) is 39.2 Å². The van der Waals surface area contributed by atoms with Gasteiger partial charge < -0.3 is 107 Å². The van der Waals surface area contributed by atoms with Crippen molar-refractivity contribution in [3.05, 3.63) is 229 Å².